The maximum atomic E-state index is 5.80. The minimum atomic E-state index is 0.0770. The van der Waals surface area contributed by atoms with E-state index in [1.807, 2.05) is 0 Å². The summed E-state index contributed by atoms with van der Waals surface area (Å²) >= 11 is 3.59. The summed E-state index contributed by atoms with van der Waals surface area (Å²) < 4.78 is 6.89. The number of aryl methyl sites for hydroxylation is 1. The Balaban J connectivity index is 1.89. The molecule has 1 aliphatic rings. The van der Waals surface area contributed by atoms with Gasteiger partial charge in [-0.05, 0) is 42.2 Å². The number of fused-ring (bicyclic) bond motifs is 1. The van der Waals surface area contributed by atoms with Gasteiger partial charge in [0.25, 0.3) is 0 Å². The third kappa shape index (κ3) is 3.12. The van der Waals surface area contributed by atoms with Crippen LogP contribution >= 0.6 is 15.9 Å². The fourth-order valence-electron chi connectivity index (χ4n) is 2.79. The van der Waals surface area contributed by atoms with Crippen LogP contribution in [-0.2, 0) is 12.8 Å². The van der Waals surface area contributed by atoms with Gasteiger partial charge in [0.2, 0.25) is 0 Å². The molecule has 0 aliphatic carbocycles. The number of nitrogens with one attached hydrogen (secondary N) is 1. The smallest absolute Gasteiger partial charge is 0.125 e. The maximum Gasteiger partial charge on any atom is 0.125 e. The van der Waals surface area contributed by atoms with Crippen molar-refractivity contribution in [2.75, 3.05) is 6.61 Å². The van der Waals surface area contributed by atoms with Gasteiger partial charge in [0, 0.05) is 10.9 Å². The lowest BCUT2D eigenvalue weighted by Crippen LogP contribution is -2.29. The first-order chi connectivity index (χ1) is 10.2. The third-order valence-electron chi connectivity index (χ3n) is 3.93. The first kappa shape index (κ1) is 14.6. The molecule has 110 valence electrons. The molecule has 0 bridgehead atoms. The second-order valence-corrected chi connectivity index (χ2v) is 6.40. The van der Waals surface area contributed by atoms with Crippen molar-refractivity contribution in [3.8, 4) is 5.75 Å². The van der Waals surface area contributed by atoms with E-state index in [4.69, 9.17) is 10.6 Å². The SMILES string of the molecule is Cc1ccc(C(Cc2cc(Br)cc3c2OCC3)NN)cc1. The van der Waals surface area contributed by atoms with Gasteiger partial charge in [0.15, 0.2) is 0 Å². The summed E-state index contributed by atoms with van der Waals surface area (Å²) in [4.78, 5) is 0. The molecule has 0 aromatic heterocycles. The van der Waals surface area contributed by atoms with Gasteiger partial charge in [-0.2, -0.15) is 0 Å². The summed E-state index contributed by atoms with van der Waals surface area (Å²) in [5.41, 5.74) is 7.84. The largest absolute Gasteiger partial charge is 0.493 e. The molecule has 4 heteroatoms. The van der Waals surface area contributed by atoms with Crippen LogP contribution in [0.3, 0.4) is 0 Å². The molecule has 0 spiro atoms. The molecule has 1 unspecified atom stereocenters. The van der Waals surface area contributed by atoms with Crippen LogP contribution < -0.4 is 16.0 Å². The van der Waals surface area contributed by atoms with E-state index in [0.29, 0.717) is 0 Å². The Kier molecular flexibility index (Phi) is 4.29. The van der Waals surface area contributed by atoms with Crippen LogP contribution in [0.25, 0.3) is 0 Å². The summed E-state index contributed by atoms with van der Waals surface area (Å²) in [5.74, 6) is 6.80. The molecule has 0 amide bonds. The van der Waals surface area contributed by atoms with Crippen LogP contribution in [-0.4, -0.2) is 6.61 Å². The summed E-state index contributed by atoms with van der Waals surface area (Å²) in [6, 6.07) is 12.8. The third-order valence-corrected chi connectivity index (χ3v) is 4.39. The second kappa shape index (κ2) is 6.18. The van der Waals surface area contributed by atoms with Gasteiger partial charge in [-0.15, -0.1) is 0 Å². The molecule has 2 aromatic carbocycles. The van der Waals surface area contributed by atoms with Crippen molar-refractivity contribution < 1.29 is 4.74 Å². The molecular weight excluding hydrogens is 328 g/mol. The van der Waals surface area contributed by atoms with Crippen molar-refractivity contribution in [3.63, 3.8) is 0 Å². The monoisotopic (exact) mass is 346 g/mol. The highest BCUT2D eigenvalue weighted by molar-refractivity contribution is 9.10. The predicted octanol–water partition coefficient (Wildman–Crippen LogP) is 3.44. The van der Waals surface area contributed by atoms with Crippen LogP contribution in [0, 0.1) is 6.92 Å². The lowest BCUT2D eigenvalue weighted by molar-refractivity contribution is 0.351. The molecule has 1 aliphatic heterocycles. The van der Waals surface area contributed by atoms with E-state index in [9.17, 15) is 0 Å². The van der Waals surface area contributed by atoms with Gasteiger partial charge in [-0.1, -0.05) is 45.8 Å². The van der Waals surface area contributed by atoms with Crippen LogP contribution in [0.2, 0.25) is 0 Å². The fraction of sp³-hybridized carbons (Fsp3) is 0.294. The first-order valence-electron chi connectivity index (χ1n) is 7.14. The van der Waals surface area contributed by atoms with Gasteiger partial charge < -0.3 is 4.74 Å². The van der Waals surface area contributed by atoms with E-state index in [1.54, 1.807) is 0 Å². The average molecular weight is 347 g/mol. The Bertz CT molecular complexity index is 640. The van der Waals surface area contributed by atoms with E-state index in [-0.39, 0.29) is 6.04 Å². The molecule has 0 saturated heterocycles. The highest BCUT2D eigenvalue weighted by Crippen LogP contribution is 2.35. The minimum Gasteiger partial charge on any atom is -0.493 e. The predicted molar refractivity (Wildman–Crippen MR) is 88.3 cm³/mol. The van der Waals surface area contributed by atoms with Crippen LogP contribution in [0.1, 0.15) is 28.3 Å². The normalized spacial score (nSPS) is 14.6. The zero-order valence-corrected chi connectivity index (χ0v) is 13.6. The number of nitrogens with two attached hydrogens (primary N) is 1. The van der Waals surface area contributed by atoms with Gasteiger partial charge in [-0.25, -0.2) is 0 Å². The van der Waals surface area contributed by atoms with Crippen molar-refractivity contribution in [2.45, 2.75) is 25.8 Å². The zero-order chi connectivity index (χ0) is 14.8. The first-order valence-corrected chi connectivity index (χ1v) is 7.93. The molecule has 1 atom stereocenters. The van der Waals surface area contributed by atoms with Gasteiger partial charge in [-0.3, -0.25) is 11.3 Å². The molecule has 1 heterocycles. The Morgan fingerprint density at radius 2 is 2.05 bits per heavy atom. The van der Waals surface area contributed by atoms with Crippen molar-refractivity contribution in [2.24, 2.45) is 5.84 Å². The standard InChI is InChI=1S/C17H19BrN2O/c1-11-2-4-12(5-3-11)16(20-19)10-14-9-15(18)8-13-6-7-21-17(13)14/h2-5,8-9,16,20H,6-7,10,19H2,1H3. The molecule has 0 fully saturated rings. The average Bonchev–Trinajstić information content (AvgIpc) is 2.94. The quantitative estimate of drug-likeness (QED) is 0.658. The second-order valence-electron chi connectivity index (χ2n) is 5.49. The number of hydrogen-bond donors (Lipinski definition) is 2. The molecule has 3 N–H and O–H groups in total. The van der Waals surface area contributed by atoms with Gasteiger partial charge >= 0.3 is 0 Å². The Morgan fingerprint density at radius 3 is 2.76 bits per heavy atom. The highest BCUT2D eigenvalue weighted by Gasteiger charge is 2.20. The summed E-state index contributed by atoms with van der Waals surface area (Å²) in [6.45, 7) is 2.85. The van der Waals surface area contributed by atoms with Crippen molar-refractivity contribution in [3.05, 3.63) is 63.1 Å². The lowest BCUT2D eigenvalue weighted by Gasteiger charge is -2.18. The zero-order valence-electron chi connectivity index (χ0n) is 12.0. The molecule has 0 radical (unpaired) electrons. The van der Waals surface area contributed by atoms with E-state index >= 15 is 0 Å². The molecular formula is C17H19BrN2O. The van der Waals surface area contributed by atoms with Crippen LogP contribution in [0.4, 0.5) is 0 Å². The van der Waals surface area contributed by atoms with Crippen molar-refractivity contribution in [1.82, 2.24) is 5.43 Å². The van der Waals surface area contributed by atoms with Crippen LogP contribution in [0.5, 0.6) is 5.75 Å². The number of halogens is 1. The number of benzene rings is 2. The minimum absolute atomic E-state index is 0.0770. The van der Waals surface area contributed by atoms with E-state index in [2.05, 4.69) is 64.7 Å². The number of hydrazine groups is 1. The van der Waals surface area contributed by atoms with E-state index < -0.39 is 0 Å². The van der Waals surface area contributed by atoms with Crippen molar-refractivity contribution >= 4 is 15.9 Å². The molecule has 0 saturated carbocycles. The summed E-state index contributed by atoms with van der Waals surface area (Å²) in [7, 11) is 0. The van der Waals surface area contributed by atoms with Gasteiger partial charge in [0.1, 0.15) is 5.75 Å². The van der Waals surface area contributed by atoms with Gasteiger partial charge in [0.05, 0.1) is 12.6 Å². The highest BCUT2D eigenvalue weighted by atomic mass is 79.9. The molecule has 2 aromatic rings. The van der Waals surface area contributed by atoms with Crippen LogP contribution in [0.15, 0.2) is 40.9 Å². The number of rotatable bonds is 4. The Labute approximate surface area is 133 Å². The van der Waals surface area contributed by atoms with Crippen molar-refractivity contribution in [1.29, 1.82) is 0 Å². The Morgan fingerprint density at radius 1 is 1.29 bits per heavy atom. The number of hydrogen-bond acceptors (Lipinski definition) is 3. The maximum absolute atomic E-state index is 5.80. The Hall–Kier alpha value is -1.36. The molecule has 21 heavy (non-hydrogen) atoms. The number of ether oxygens (including phenoxy) is 1. The molecule has 3 rings (SSSR count). The lowest BCUT2D eigenvalue weighted by atomic mass is 9.96. The fourth-order valence-corrected chi connectivity index (χ4v) is 3.34. The van der Waals surface area contributed by atoms with E-state index in [0.717, 1.165) is 29.7 Å². The topological polar surface area (TPSA) is 47.3 Å². The summed E-state index contributed by atoms with van der Waals surface area (Å²) in [6.07, 6.45) is 1.79. The van der Waals surface area contributed by atoms with E-state index in [1.165, 1.54) is 22.3 Å². The summed E-state index contributed by atoms with van der Waals surface area (Å²) in [5, 5.41) is 0. The molecule has 3 nitrogen and oxygen atoms in total.